The SMILES string of the molecule is CC(=C(F)C(=O)Nc1ccc(-c2ccccc2S(=O)(=O)NC(C)(C)C)cn1)c1ccc2ccncc2c1. The van der Waals surface area contributed by atoms with Gasteiger partial charge in [0.05, 0.1) is 4.90 Å². The molecule has 2 aromatic heterocycles. The third kappa shape index (κ3) is 6.07. The van der Waals surface area contributed by atoms with E-state index < -0.39 is 27.3 Å². The number of aromatic nitrogens is 2. The second-order valence-corrected chi connectivity index (χ2v) is 11.3. The minimum atomic E-state index is -3.79. The third-order valence-electron chi connectivity index (χ3n) is 5.54. The molecule has 0 atom stereocenters. The van der Waals surface area contributed by atoms with Crippen molar-refractivity contribution in [2.75, 3.05) is 5.32 Å². The highest BCUT2D eigenvalue weighted by molar-refractivity contribution is 7.89. The highest BCUT2D eigenvalue weighted by Gasteiger charge is 2.25. The highest BCUT2D eigenvalue weighted by atomic mass is 32.2. The Labute approximate surface area is 215 Å². The topological polar surface area (TPSA) is 101 Å². The van der Waals surface area contributed by atoms with Gasteiger partial charge in [-0.25, -0.2) is 22.5 Å². The zero-order chi connectivity index (χ0) is 26.8. The Bertz CT molecular complexity index is 1610. The number of sulfonamides is 1. The predicted molar refractivity (Wildman–Crippen MR) is 144 cm³/mol. The molecule has 1 amide bonds. The summed E-state index contributed by atoms with van der Waals surface area (Å²) in [6.07, 6.45) is 4.79. The first-order valence-electron chi connectivity index (χ1n) is 11.6. The minimum Gasteiger partial charge on any atom is -0.305 e. The zero-order valence-electron chi connectivity index (χ0n) is 20.9. The molecule has 0 saturated carbocycles. The molecule has 7 nitrogen and oxygen atoms in total. The van der Waals surface area contributed by atoms with Crippen LogP contribution in [-0.2, 0) is 14.8 Å². The number of carbonyl (C=O) groups excluding carboxylic acids is 1. The lowest BCUT2D eigenvalue weighted by Gasteiger charge is -2.21. The van der Waals surface area contributed by atoms with Crippen LogP contribution in [0.4, 0.5) is 10.2 Å². The van der Waals surface area contributed by atoms with Gasteiger partial charge in [0.25, 0.3) is 5.91 Å². The lowest BCUT2D eigenvalue weighted by molar-refractivity contribution is -0.114. The number of halogens is 1. The van der Waals surface area contributed by atoms with E-state index in [9.17, 15) is 17.6 Å². The number of hydrogen-bond donors (Lipinski definition) is 2. The monoisotopic (exact) mass is 518 g/mol. The molecular formula is C28H27FN4O3S. The van der Waals surface area contributed by atoms with E-state index in [1.54, 1.807) is 69.6 Å². The molecule has 4 rings (SSSR count). The van der Waals surface area contributed by atoms with E-state index in [2.05, 4.69) is 20.0 Å². The number of rotatable bonds is 6. The van der Waals surface area contributed by atoms with Crippen molar-refractivity contribution in [3.8, 4) is 11.1 Å². The summed E-state index contributed by atoms with van der Waals surface area (Å²) in [5, 5.41) is 4.26. The molecule has 0 saturated heterocycles. The standard InChI is InChI=1S/C28H27FN4O3S/c1-18(20-10-9-19-13-14-30-16-22(19)15-20)26(29)27(34)32-25-12-11-21(17-31-25)23-7-5-6-8-24(23)37(35,36)33-28(2,3)4/h5-17,33H,1-4H3,(H,31,32,34). The van der Waals surface area contributed by atoms with Gasteiger partial charge in [-0.3, -0.25) is 9.78 Å². The fraction of sp³-hybridized carbons (Fsp3) is 0.179. The Balaban J connectivity index is 1.56. The first kappa shape index (κ1) is 26.1. The molecule has 0 aliphatic heterocycles. The van der Waals surface area contributed by atoms with Crippen LogP contribution in [0.2, 0.25) is 0 Å². The van der Waals surface area contributed by atoms with E-state index in [4.69, 9.17) is 0 Å². The van der Waals surface area contributed by atoms with Crippen LogP contribution in [-0.4, -0.2) is 29.8 Å². The van der Waals surface area contributed by atoms with Gasteiger partial charge >= 0.3 is 0 Å². The number of amides is 1. The van der Waals surface area contributed by atoms with Gasteiger partial charge in [-0.2, -0.15) is 0 Å². The van der Waals surface area contributed by atoms with Gasteiger partial charge in [-0.15, -0.1) is 0 Å². The van der Waals surface area contributed by atoms with Crippen molar-refractivity contribution in [3.05, 3.63) is 90.6 Å². The summed E-state index contributed by atoms with van der Waals surface area (Å²) >= 11 is 0. The molecule has 2 aromatic carbocycles. The predicted octanol–water partition coefficient (Wildman–Crippen LogP) is 5.71. The number of fused-ring (bicyclic) bond motifs is 1. The van der Waals surface area contributed by atoms with Crippen LogP contribution < -0.4 is 10.0 Å². The quantitative estimate of drug-likeness (QED) is 0.318. The number of anilines is 1. The summed E-state index contributed by atoms with van der Waals surface area (Å²) in [5.41, 5.74) is 1.09. The second kappa shape index (κ2) is 10.2. The molecule has 0 fully saturated rings. The smallest absolute Gasteiger partial charge is 0.285 e. The average Bonchev–Trinajstić information content (AvgIpc) is 2.86. The summed E-state index contributed by atoms with van der Waals surface area (Å²) in [4.78, 5) is 21.0. The van der Waals surface area contributed by atoms with Crippen LogP contribution in [0.15, 0.2) is 90.0 Å². The van der Waals surface area contributed by atoms with Gasteiger partial charge in [0.1, 0.15) is 5.82 Å². The molecule has 37 heavy (non-hydrogen) atoms. The van der Waals surface area contributed by atoms with Crippen LogP contribution in [0.3, 0.4) is 0 Å². The van der Waals surface area contributed by atoms with E-state index in [0.717, 1.165) is 10.8 Å². The molecule has 9 heteroatoms. The molecule has 0 radical (unpaired) electrons. The molecule has 190 valence electrons. The maximum absolute atomic E-state index is 15.0. The van der Waals surface area contributed by atoms with Crippen LogP contribution in [0.5, 0.6) is 0 Å². The van der Waals surface area contributed by atoms with Crippen molar-refractivity contribution in [2.45, 2.75) is 38.1 Å². The first-order valence-corrected chi connectivity index (χ1v) is 13.0. The summed E-state index contributed by atoms with van der Waals surface area (Å²) in [6.45, 7) is 6.82. The maximum Gasteiger partial charge on any atom is 0.285 e. The molecule has 0 bridgehead atoms. The number of hydrogen-bond acceptors (Lipinski definition) is 5. The van der Waals surface area contributed by atoms with Crippen molar-refractivity contribution >= 4 is 38.1 Å². The Morgan fingerprint density at radius 2 is 1.70 bits per heavy atom. The fourth-order valence-electron chi connectivity index (χ4n) is 3.81. The van der Waals surface area contributed by atoms with E-state index in [1.807, 2.05) is 12.1 Å². The lowest BCUT2D eigenvalue weighted by Crippen LogP contribution is -2.40. The lowest BCUT2D eigenvalue weighted by atomic mass is 10.0. The first-order chi connectivity index (χ1) is 17.4. The van der Waals surface area contributed by atoms with Crippen molar-refractivity contribution in [3.63, 3.8) is 0 Å². The number of benzene rings is 2. The second-order valence-electron chi connectivity index (χ2n) is 9.61. The van der Waals surface area contributed by atoms with Crippen molar-refractivity contribution in [2.24, 2.45) is 0 Å². The Morgan fingerprint density at radius 1 is 0.946 bits per heavy atom. The van der Waals surface area contributed by atoms with Gasteiger partial charge in [-0.05, 0) is 74.5 Å². The van der Waals surface area contributed by atoms with E-state index in [1.165, 1.54) is 25.3 Å². The molecule has 0 spiro atoms. The number of nitrogens with one attached hydrogen (secondary N) is 2. The third-order valence-corrected chi connectivity index (χ3v) is 7.35. The van der Waals surface area contributed by atoms with E-state index in [-0.39, 0.29) is 16.3 Å². The number of carbonyl (C=O) groups is 1. The van der Waals surface area contributed by atoms with Crippen LogP contribution >= 0.6 is 0 Å². The van der Waals surface area contributed by atoms with Crippen LogP contribution in [0.1, 0.15) is 33.3 Å². The summed E-state index contributed by atoms with van der Waals surface area (Å²) in [6, 6.07) is 16.9. The zero-order valence-corrected chi connectivity index (χ0v) is 21.7. The normalized spacial score (nSPS) is 12.8. The van der Waals surface area contributed by atoms with E-state index in [0.29, 0.717) is 16.7 Å². The summed E-state index contributed by atoms with van der Waals surface area (Å²) in [5.74, 6) is -1.73. The van der Waals surface area contributed by atoms with E-state index >= 15 is 0 Å². The van der Waals surface area contributed by atoms with Crippen LogP contribution in [0, 0.1) is 0 Å². The van der Waals surface area contributed by atoms with Crippen LogP contribution in [0.25, 0.3) is 27.5 Å². The molecule has 0 aliphatic carbocycles. The average molecular weight is 519 g/mol. The molecule has 0 aliphatic rings. The van der Waals surface area contributed by atoms with Crippen molar-refractivity contribution in [1.82, 2.24) is 14.7 Å². The Hall–Kier alpha value is -3.95. The largest absolute Gasteiger partial charge is 0.305 e. The number of nitrogens with zero attached hydrogens (tertiary/aromatic N) is 2. The van der Waals surface area contributed by atoms with Gasteiger partial charge < -0.3 is 5.32 Å². The maximum atomic E-state index is 15.0. The van der Waals surface area contributed by atoms with Gasteiger partial charge in [0.2, 0.25) is 10.0 Å². The van der Waals surface area contributed by atoms with Gasteiger partial charge in [-0.1, -0.05) is 30.3 Å². The molecule has 4 aromatic rings. The minimum absolute atomic E-state index is 0.110. The Kier molecular flexibility index (Phi) is 7.20. The van der Waals surface area contributed by atoms with Gasteiger partial charge in [0.15, 0.2) is 5.83 Å². The summed E-state index contributed by atoms with van der Waals surface area (Å²) in [7, 11) is -3.79. The molecule has 2 heterocycles. The van der Waals surface area contributed by atoms with Crippen molar-refractivity contribution < 1.29 is 17.6 Å². The fourth-order valence-corrected chi connectivity index (χ4v) is 5.46. The van der Waals surface area contributed by atoms with Gasteiger partial charge in [0, 0.05) is 40.6 Å². The van der Waals surface area contributed by atoms with Crippen molar-refractivity contribution in [1.29, 1.82) is 0 Å². The molecule has 2 N–H and O–H groups in total. The summed E-state index contributed by atoms with van der Waals surface area (Å²) < 4.78 is 43.5. The number of pyridine rings is 2. The molecular weight excluding hydrogens is 491 g/mol. The molecule has 0 unspecified atom stereocenters. The highest BCUT2D eigenvalue weighted by Crippen LogP contribution is 2.29. The number of allylic oxidation sites excluding steroid dienone is 1. The Morgan fingerprint density at radius 3 is 2.41 bits per heavy atom.